The second-order valence-corrected chi connectivity index (χ2v) is 16.0. The van der Waals surface area contributed by atoms with E-state index in [0.29, 0.717) is 0 Å². The molecule has 2 aromatic rings. The van der Waals surface area contributed by atoms with Crippen LogP contribution < -0.4 is 0 Å². The molecule has 0 heteroatoms. The molecule has 0 unspecified atom stereocenters. The predicted molar refractivity (Wildman–Crippen MR) is 158 cm³/mol. The Morgan fingerprint density at radius 1 is 0.457 bits per heavy atom. The maximum Gasteiger partial charge on any atom is -0.0126 e. The molecule has 35 heavy (non-hydrogen) atoms. The zero-order chi connectivity index (χ0) is 27.2. The Labute approximate surface area is 219 Å². The first-order valence-corrected chi connectivity index (χ1v) is 13.9. The van der Waals surface area contributed by atoms with Gasteiger partial charge < -0.3 is 0 Å². The fourth-order valence-corrected chi connectivity index (χ4v) is 5.49. The van der Waals surface area contributed by atoms with Crippen LogP contribution in [0.3, 0.4) is 0 Å². The third-order valence-corrected chi connectivity index (χ3v) is 7.26. The van der Waals surface area contributed by atoms with Gasteiger partial charge in [0.05, 0.1) is 0 Å². The summed E-state index contributed by atoms with van der Waals surface area (Å²) < 4.78 is 0. The number of hydrogen-bond acceptors (Lipinski definition) is 0. The van der Waals surface area contributed by atoms with Crippen LogP contribution in [0.5, 0.6) is 0 Å². The van der Waals surface area contributed by atoms with E-state index in [2.05, 4.69) is 134 Å². The summed E-state index contributed by atoms with van der Waals surface area (Å²) in [6, 6.07) is 11.9. The van der Waals surface area contributed by atoms with Crippen molar-refractivity contribution in [3.8, 4) is 0 Å². The van der Waals surface area contributed by atoms with Crippen LogP contribution >= 0.6 is 0 Å². The highest BCUT2D eigenvalue weighted by Gasteiger charge is 2.36. The van der Waals surface area contributed by atoms with Crippen molar-refractivity contribution in [2.45, 2.75) is 150 Å². The highest BCUT2D eigenvalue weighted by molar-refractivity contribution is 5.56. The van der Waals surface area contributed by atoms with Gasteiger partial charge in [-0.3, -0.25) is 0 Å². The molecular formula is C35H56. The van der Waals surface area contributed by atoms with Gasteiger partial charge in [0, 0.05) is 0 Å². The van der Waals surface area contributed by atoms with Gasteiger partial charge in [0.15, 0.2) is 0 Å². The summed E-state index contributed by atoms with van der Waals surface area (Å²) in [5.74, 6) is 0. The molecule has 0 saturated heterocycles. The maximum absolute atomic E-state index is 2.59. The quantitative estimate of drug-likeness (QED) is 0.411. The molecule has 0 saturated carbocycles. The smallest absolute Gasteiger partial charge is 0.0126 e. The summed E-state index contributed by atoms with van der Waals surface area (Å²) in [5.41, 5.74) is 11.3. The highest BCUT2D eigenvalue weighted by atomic mass is 14.4. The Balaban J connectivity index is 2.64. The first-order valence-electron chi connectivity index (χ1n) is 13.9. The van der Waals surface area contributed by atoms with E-state index >= 15 is 0 Å². The lowest BCUT2D eigenvalue weighted by Crippen LogP contribution is -2.32. The molecule has 0 amide bonds. The van der Waals surface area contributed by atoms with Crippen LogP contribution in [0.25, 0.3) is 0 Å². The fourth-order valence-electron chi connectivity index (χ4n) is 5.49. The Hall–Kier alpha value is -1.56. The van der Waals surface area contributed by atoms with Crippen molar-refractivity contribution < 1.29 is 0 Å². The van der Waals surface area contributed by atoms with Gasteiger partial charge >= 0.3 is 0 Å². The molecule has 0 nitrogen and oxygen atoms in total. The number of aryl methyl sites for hydroxylation is 1. The molecule has 0 aliphatic heterocycles. The zero-order valence-corrected chi connectivity index (χ0v) is 26.0. The van der Waals surface area contributed by atoms with Crippen LogP contribution in [-0.4, -0.2) is 0 Å². The number of hydrogen-bond donors (Lipinski definition) is 0. The first-order chi connectivity index (χ1) is 15.5. The summed E-state index contributed by atoms with van der Waals surface area (Å²) in [4.78, 5) is 0. The molecule has 0 aliphatic rings. The van der Waals surface area contributed by atoms with Crippen molar-refractivity contribution in [3.05, 3.63) is 69.3 Å². The number of benzene rings is 2. The minimum absolute atomic E-state index is 0.0908. The fraction of sp³-hybridized carbons (Fsp3) is 0.657. The lowest BCUT2D eigenvalue weighted by Gasteiger charge is -2.41. The third kappa shape index (κ3) is 7.24. The van der Waals surface area contributed by atoms with E-state index in [-0.39, 0.29) is 27.1 Å². The monoisotopic (exact) mass is 476 g/mol. The lowest BCUT2D eigenvalue weighted by atomic mass is 9.64. The van der Waals surface area contributed by atoms with Crippen molar-refractivity contribution in [3.63, 3.8) is 0 Å². The summed E-state index contributed by atoms with van der Waals surface area (Å²) in [6.07, 6.45) is 3.44. The van der Waals surface area contributed by atoms with E-state index < -0.39 is 0 Å². The summed E-state index contributed by atoms with van der Waals surface area (Å²) in [5, 5.41) is 0. The van der Waals surface area contributed by atoms with Crippen molar-refractivity contribution in [2.75, 3.05) is 0 Å². The Kier molecular flexibility index (Phi) is 8.24. The van der Waals surface area contributed by atoms with E-state index in [1.807, 2.05) is 0 Å². The molecule has 0 spiro atoms. The van der Waals surface area contributed by atoms with E-state index in [9.17, 15) is 0 Å². The van der Waals surface area contributed by atoms with Crippen LogP contribution in [0, 0.1) is 0 Å². The van der Waals surface area contributed by atoms with Gasteiger partial charge in [-0.15, -0.1) is 0 Å². The third-order valence-electron chi connectivity index (χ3n) is 7.26. The van der Waals surface area contributed by atoms with E-state index in [4.69, 9.17) is 0 Å². The largest absolute Gasteiger partial charge is 0.0588 e. The minimum Gasteiger partial charge on any atom is -0.0588 e. The molecule has 0 aromatic heterocycles. The van der Waals surface area contributed by atoms with Crippen molar-refractivity contribution in [1.29, 1.82) is 0 Å². The number of rotatable bonds is 4. The normalized spacial score (nSPS) is 13.9. The highest BCUT2D eigenvalue weighted by Crippen LogP contribution is 2.46. The molecule has 0 radical (unpaired) electrons. The molecule has 2 rings (SSSR count). The molecule has 2 aromatic carbocycles. The van der Waals surface area contributed by atoms with Crippen LogP contribution in [0.2, 0.25) is 0 Å². The second kappa shape index (κ2) is 9.72. The molecule has 0 fully saturated rings. The average molecular weight is 477 g/mol. The molecule has 196 valence electrons. The van der Waals surface area contributed by atoms with E-state index in [1.165, 1.54) is 23.1 Å². The summed E-state index contributed by atoms with van der Waals surface area (Å²) >= 11 is 0. The van der Waals surface area contributed by atoms with Gasteiger partial charge in [0.1, 0.15) is 0 Å². The molecule has 0 aliphatic carbocycles. The Morgan fingerprint density at radius 2 is 0.914 bits per heavy atom. The van der Waals surface area contributed by atoms with Gasteiger partial charge in [-0.2, -0.15) is 0 Å². The molecule has 0 atom stereocenters. The zero-order valence-electron chi connectivity index (χ0n) is 26.0. The average Bonchev–Trinajstić information content (AvgIpc) is 2.63. The van der Waals surface area contributed by atoms with E-state index in [0.717, 1.165) is 12.8 Å². The molecule has 0 bridgehead atoms. The van der Waals surface area contributed by atoms with Crippen LogP contribution in [0.1, 0.15) is 149 Å². The Bertz CT molecular complexity index is 995. The van der Waals surface area contributed by atoms with Crippen LogP contribution in [0.4, 0.5) is 0 Å². The van der Waals surface area contributed by atoms with Crippen molar-refractivity contribution in [2.24, 2.45) is 0 Å². The van der Waals surface area contributed by atoms with Gasteiger partial charge in [0.25, 0.3) is 0 Å². The lowest BCUT2D eigenvalue weighted by molar-refractivity contribution is 0.483. The maximum atomic E-state index is 2.59. The minimum atomic E-state index is 0.0908. The SMILES string of the molecule is CC(C)(C)c1ccc(CCCc2c(C(C)(C)C)cc(C(C)(C)C)c(C(C)(C)C)c2C(C)(C)C)cc1. The van der Waals surface area contributed by atoms with Crippen LogP contribution in [-0.2, 0) is 39.9 Å². The van der Waals surface area contributed by atoms with Crippen molar-refractivity contribution >= 4 is 0 Å². The van der Waals surface area contributed by atoms with E-state index in [1.54, 1.807) is 22.3 Å². The standard InChI is InChI=1S/C35H56/c1-31(2,3)25-21-19-24(20-22-25)17-16-18-26-27(32(4,5)6)23-28(33(7,8)9)30(35(13,14)15)29(26)34(10,11)12/h19-23H,16-18H2,1-15H3. The molecule has 0 N–H and O–H groups in total. The van der Waals surface area contributed by atoms with Gasteiger partial charge in [-0.1, -0.05) is 134 Å². The Morgan fingerprint density at radius 3 is 1.29 bits per heavy atom. The second-order valence-electron chi connectivity index (χ2n) is 16.0. The molecular weight excluding hydrogens is 420 g/mol. The van der Waals surface area contributed by atoms with Gasteiger partial charge in [0.2, 0.25) is 0 Å². The predicted octanol–water partition coefficient (Wildman–Crippen LogP) is 10.3. The van der Waals surface area contributed by atoms with Crippen LogP contribution in [0.15, 0.2) is 30.3 Å². The summed E-state index contributed by atoms with van der Waals surface area (Å²) in [6.45, 7) is 35.7. The first kappa shape index (κ1) is 29.7. The van der Waals surface area contributed by atoms with Gasteiger partial charge in [-0.25, -0.2) is 0 Å². The molecule has 0 heterocycles. The summed E-state index contributed by atoms with van der Waals surface area (Å²) in [7, 11) is 0. The van der Waals surface area contributed by atoms with Gasteiger partial charge in [-0.05, 0) is 85.3 Å². The van der Waals surface area contributed by atoms with Crippen molar-refractivity contribution in [1.82, 2.24) is 0 Å². The topological polar surface area (TPSA) is 0 Å².